The molecule has 1 saturated carbocycles. The first-order chi connectivity index (χ1) is 8.20. The van der Waals surface area contributed by atoms with Gasteiger partial charge in [-0.2, -0.15) is 0 Å². The Hall–Kier alpha value is -0.0800. The highest BCUT2D eigenvalue weighted by atomic mass is 15.3. The van der Waals surface area contributed by atoms with Crippen molar-refractivity contribution in [1.82, 2.24) is 9.80 Å². The molecule has 0 atom stereocenters. The van der Waals surface area contributed by atoms with Gasteiger partial charge >= 0.3 is 0 Å². The lowest BCUT2D eigenvalue weighted by Gasteiger charge is -2.46. The highest BCUT2D eigenvalue weighted by Gasteiger charge is 2.44. The van der Waals surface area contributed by atoms with E-state index >= 15 is 0 Å². The zero-order valence-corrected chi connectivity index (χ0v) is 11.6. The molecule has 0 amide bonds. The summed E-state index contributed by atoms with van der Waals surface area (Å²) < 4.78 is 0. The topological polar surface area (TPSA) is 6.48 Å². The molecule has 0 radical (unpaired) electrons. The van der Waals surface area contributed by atoms with Crippen molar-refractivity contribution in [2.24, 2.45) is 5.92 Å². The monoisotopic (exact) mass is 236 g/mol. The van der Waals surface area contributed by atoms with Gasteiger partial charge < -0.3 is 4.90 Å². The second-order valence-electron chi connectivity index (χ2n) is 6.85. The van der Waals surface area contributed by atoms with Crippen LogP contribution in [-0.2, 0) is 0 Å². The molecule has 0 unspecified atom stereocenters. The molecule has 1 spiro atoms. The van der Waals surface area contributed by atoms with Gasteiger partial charge in [0.2, 0.25) is 0 Å². The highest BCUT2D eigenvalue weighted by molar-refractivity contribution is 5.01. The van der Waals surface area contributed by atoms with Crippen molar-refractivity contribution in [3.8, 4) is 0 Å². The molecule has 0 aromatic heterocycles. The van der Waals surface area contributed by atoms with E-state index < -0.39 is 0 Å². The van der Waals surface area contributed by atoms with Gasteiger partial charge in [-0.05, 0) is 64.8 Å². The summed E-state index contributed by atoms with van der Waals surface area (Å²) in [5.41, 5.74) is 0.619. The molecule has 3 aliphatic rings. The molecule has 0 N–H and O–H groups in total. The number of hydrogen-bond acceptors (Lipinski definition) is 2. The minimum Gasteiger partial charge on any atom is -0.301 e. The summed E-state index contributed by atoms with van der Waals surface area (Å²) in [7, 11) is 0. The number of piperidine rings is 1. The Kier molecular flexibility index (Phi) is 3.20. The van der Waals surface area contributed by atoms with Gasteiger partial charge in [0.15, 0.2) is 0 Å². The van der Waals surface area contributed by atoms with Crippen LogP contribution in [0.4, 0.5) is 0 Å². The van der Waals surface area contributed by atoms with E-state index in [-0.39, 0.29) is 0 Å². The lowest BCUT2D eigenvalue weighted by molar-refractivity contribution is 0.0388. The van der Waals surface area contributed by atoms with Crippen molar-refractivity contribution in [2.45, 2.75) is 64.0 Å². The number of likely N-dealkylation sites (tertiary alicyclic amines) is 2. The smallest absolute Gasteiger partial charge is 0.0234 e. The second kappa shape index (κ2) is 4.55. The summed E-state index contributed by atoms with van der Waals surface area (Å²) >= 11 is 0. The molecular weight excluding hydrogens is 208 g/mol. The van der Waals surface area contributed by atoms with Crippen LogP contribution in [0.5, 0.6) is 0 Å². The average Bonchev–Trinajstić information content (AvgIpc) is 3.05. The summed E-state index contributed by atoms with van der Waals surface area (Å²) in [6.45, 7) is 10.2. The molecule has 0 aromatic carbocycles. The van der Waals surface area contributed by atoms with Crippen LogP contribution in [0.3, 0.4) is 0 Å². The van der Waals surface area contributed by atoms with Crippen molar-refractivity contribution in [2.75, 3.05) is 26.2 Å². The molecule has 17 heavy (non-hydrogen) atoms. The Morgan fingerprint density at radius 3 is 2.35 bits per heavy atom. The van der Waals surface area contributed by atoms with Crippen LogP contribution in [0.25, 0.3) is 0 Å². The summed E-state index contributed by atoms with van der Waals surface area (Å²) in [6.07, 6.45) is 8.80. The molecule has 0 aromatic rings. The third-order valence-electron chi connectivity index (χ3n) is 5.38. The zero-order valence-electron chi connectivity index (χ0n) is 11.6. The van der Waals surface area contributed by atoms with E-state index in [1.54, 1.807) is 0 Å². The number of hydrogen-bond donors (Lipinski definition) is 0. The van der Waals surface area contributed by atoms with E-state index in [2.05, 4.69) is 23.6 Å². The van der Waals surface area contributed by atoms with E-state index in [1.165, 1.54) is 64.7 Å². The zero-order chi connectivity index (χ0) is 11.9. The SMILES string of the molecule is CC(C)N1CCC2(CCCN2CC2CC2)CC1. The quantitative estimate of drug-likeness (QED) is 0.743. The molecule has 2 saturated heterocycles. The first-order valence-corrected chi connectivity index (χ1v) is 7.69. The fourth-order valence-corrected chi connectivity index (χ4v) is 3.91. The Labute approximate surface area is 106 Å². The Morgan fingerprint density at radius 1 is 1.06 bits per heavy atom. The van der Waals surface area contributed by atoms with E-state index in [9.17, 15) is 0 Å². The minimum atomic E-state index is 0.619. The minimum absolute atomic E-state index is 0.619. The van der Waals surface area contributed by atoms with E-state index in [4.69, 9.17) is 0 Å². The molecular formula is C15H28N2. The van der Waals surface area contributed by atoms with Crippen molar-refractivity contribution in [1.29, 1.82) is 0 Å². The van der Waals surface area contributed by atoms with E-state index in [0.717, 1.165) is 12.0 Å². The lowest BCUT2D eigenvalue weighted by Crippen LogP contribution is -2.53. The standard InChI is InChI=1S/C15H28N2/c1-13(2)16-10-7-15(8-11-16)6-3-9-17(15)12-14-4-5-14/h13-14H,3-12H2,1-2H3. The van der Waals surface area contributed by atoms with Crippen molar-refractivity contribution in [3.05, 3.63) is 0 Å². The lowest BCUT2D eigenvalue weighted by atomic mass is 9.84. The summed E-state index contributed by atoms with van der Waals surface area (Å²) in [6, 6.07) is 0.741. The van der Waals surface area contributed by atoms with Gasteiger partial charge in [0, 0.05) is 31.2 Å². The maximum atomic E-state index is 2.88. The van der Waals surface area contributed by atoms with Gasteiger partial charge in [0.25, 0.3) is 0 Å². The van der Waals surface area contributed by atoms with Crippen LogP contribution in [0.1, 0.15) is 52.4 Å². The largest absolute Gasteiger partial charge is 0.301 e. The van der Waals surface area contributed by atoms with Gasteiger partial charge in [-0.3, -0.25) is 4.90 Å². The van der Waals surface area contributed by atoms with Crippen molar-refractivity contribution >= 4 is 0 Å². The molecule has 3 rings (SSSR count). The first kappa shape index (κ1) is 12.0. The third-order valence-corrected chi connectivity index (χ3v) is 5.38. The maximum Gasteiger partial charge on any atom is 0.0234 e. The van der Waals surface area contributed by atoms with Crippen LogP contribution in [0.2, 0.25) is 0 Å². The Bertz CT molecular complexity index is 262. The van der Waals surface area contributed by atoms with Crippen molar-refractivity contribution in [3.63, 3.8) is 0 Å². The Balaban J connectivity index is 1.61. The van der Waals surface area contributed by atoms with Gasteiger partial charge in [-0.25, -0.2) is 0 Å². The maximum absolute atomic E-state index is 2.88. The summed E-state index contributed by atoms with van der Waals surface area (Å²) in [5.74, 6) is 1.06. The molecule has 98 valence electrons. The average molecular weight is 236 g/mol. The molecule has 2 heterocycles. The van der Waals surface area contributed by atoms with Crippen LogP contribution < -0.4 is 0 Å². The van der Waals surface area contributed by atoms with Crippen LogP contribution in [-0.4, -0.2) is 47.6 Å². The number of nitrogens with zero attached hydrogens (tertiary/aromatic N) is 2. The van der Waals surface area contributed by atoms with Gasteiger partial charge in [0.05, 0.1) is 0 Å². The Morgan fingerprint density at radius 2 is 1.76 bits per heavy atom. The molecule has 2 aliphatic heterocycles. The molecule has 2 heteroatoms. The fourth-order valence-electron chi connectivity index (χ4n) is 3.91. The molecule has 0 bridgehead atoms. The van der Waals surface area contributed by atoms with Crippen LogP contribution in [0, 0.1) is 5.92 Å². The summed E-state index contributed by atoms with van der Waals surface area (Å²) in [4.78, 5) is 5.54. The highest BCUT2D eigenvalue weighted by Crippen LogP contribution is 2.41. The molecule has 3 fully saturated rings. The van der Waals surface area contributed by atoms with Crippen molar-refractivity contribution < 1.29 is 0 Å². The van der Waals surface area contributed by atoms with Gasteiger partial charge in [-0.1, -0.05) is 0 Å². The predicted octanol–water partition coefficient (Wildman–Crippen LogP) is 2.74. The van der Waals surface area contributed by atoms with Crippen LogP contribution >= 0.6 is 0 Å². The number of rotatable bonds is 3. The fraction of sp³-hybridized carbons (Fsp3) is 1.00. The molecule has 1 aliphatic carbocycles. The second-order valence-corrected chi connectivity index (χ2v) is 6.85. The van der Waals surface area contributed by atoms with Gasteiger partial charge in [0.1, 0.15) is 0 Å². The third kappa shape index (κ3) is 2.39. The first-order valence-electron chi connectivity index (χ1n) is 7.69. The molecule has 2 nitrogen and oxygen atoms in total. The van der Waals surface area contributed by atoms with Gasteiger partial charge in [-0.15, -0.1) is 0 Å². The predicted molar refractivity (Wildman–Crippen MR) is 72.2 cm³/mol. The normalized spacial score (nSPS) is 30.5. The van der Waals surface area contributed by atoms with Crippen LogP contribution in [0.15, 0.2) is 0 Å². The van der Waals surface area contributed by atoms with E-state index in [1.807, 2.05) is 0 Å². The summed E-state index contributed by atoms with van der Waals surface area (Å²) in [5, 5.41) is 0. The van der Waals surface area contributed by atoms with E-state index in [0.29, 0.717) is 5.54 Å².